The highest BCUT2D eigenvalue weighted by Gasteiger charge is 2.15. The van der Waals surface area contributed by atoms with Crippen LogP contribution in [0.15, 0.2) is 42.5 Å². The van der Waals surface area contributed by atoms with Crippen LogP contribution in [0.2, 0.25) is 0 Å². The Morgan fingerprint density at radius 3 is 2.57 bits per heavy atom. The Labute approximate surface area is 168 Å². The number of carbonyl (C=O) groups is 1. The normalized spacial score (nSPS) is 12.2. The van der Waals surface area contributed by atoms with E-state index in [0.29, 0.717) is 48.6 Å². The number of benzene rings is 2. The van der Waals surface area contributed by atoms with Crippen LogP contribution in [-0.2, 0) is 11.3 Å². The number of hydrogen-bond acceptors (Lipinski definition) is 4. The molecule has 0 spiro atoms. The van der Waals surface area contributed by atoms with E-state index in [1.165, 1.54) is 12.1 Å². The molecule has 0 aromatic heterocycles. The van der Waals surface area contributed by atoms with E-state index < -0.39 is 0 Å². The summed E-state index contributed by atoms with van der Waals surface area (Å²) in [6.45, 7) is 4.07. The van der Waals surface area contributed by atoms with Crippen LogP contribution in [-0.4, -0.2) is 42.2 Å². The van der Waals surface area contributed by atoms with Gasteiger partial charge in [0.2, 0.25) is 5.91 Å². The molecule has 8 heteroatoms. The first-order valence-electron chi connectivity index (χ1n) is 9.02. The molecule has 0 radical (unpaired) electrons. The molecule has 0 fully saturated rings. The zero-order valence-corrected chi connectivity index (χ0v) is 16.4. The van der Waals surface area contributed by atoms with Crippen LogP contribution in [0, 0.1) is 5.82 Å². The summed E-state index contributed by atoms with van der Waals surface area (Å²) >= 11 is 5.39. The van der Waals surface area contributed by atoms with Gasteiger partial charge in [0.1, 0.15) is 19.0 Å². The van der Waals surface area contributed by atoms with E-state index in [4.69, 9.17) is 21.7 Å². The molecule has 1 heterocycles. The van der Waals surface area contributed by atoms with Crippen LogP contribution >= 0.6 is 12.2 Å². The molecule has 0 atom stereocenters. The summed E-state index contributed by atoms with van der Waals surface area (Å²) in [5, 5.41) is 6.41. The standard InChI is InChI=1S/C20H22FN3O3S/c1-2-24(20(28)22-12-14-3-5-15(21)6-4-14)13-19(25)23-16-7-8-17-18(11-16)27-10-9-26-17/h3-8,11H,2,9-10,12-13H2,1H3,(H,22,28)(H,23,25). The topological polar surface area (TPSA) is 62.8 Å². The molecule has 2 aromatic rings. The van der Waals surface area contributed by atoms with Gasteiger partial charge in [-0.25, -0.2) is 4.39 Å². The number of fused-ring (bicyclic) bond motifs is 1. The number of hydrogen-bond donors (Lipinski definition) is 2. The molecule has 1 amide bonds. The molecule has 2 aromatic carbocycles. The van der Waals surface area contributed by atoms with E-state index in [1.807, 2.05) is 6.92 Å². The van der Waals surface area contributed by atoms with Gasteiger partial charge < -0.3 is 25.0 Å². The van der Waals surface area contributed by atoms with Gasteiger partial charge in [-0.3, -0.25) is 4.79 Å². The molecule has 0 unspecified atom stereocenters. The number of likely N-dealkylation sites (N-methyl/N-ethyl adjacent to an activating group) is 1. The van der Waals surface area contributed by atoms with Gasteiger partial charge in [0, 0.05) is 24.8 Å². The van der Waals surface area contributed by atoms with Gasteiger partial charge in [0.05, 0.1) is 6.54 Å². The van der Waals surface area contributed by atoms with Crippen LogP contribution in [0.25, 0.3) is 0 Å². The lowest BCUT2D eigenvalue weighted by Gasteiger charge is -2.24. The molecule has 148 valence electrons. The lowest BCUT2D eigenvalue weighted by molar-refractivity contribution is -0.116. The fourth-order valence-corrected chi connectivity index (χ4v) is 2.98. The molecule has 0 aliphatic carbocycles. The number of halogens is 1. The number of ether oxygens (including phenoxy) is 2. The van der Waals surface area contributed by atoms with Crippen molar-refractivity contribution in [2.24, 2.45) is 0 Å². The van der Waals surface area contributed by atoms with E-state index in [-0.39, 0.29) is 18.3 Å². The van der Waals surface area contributed by atoms with Crippen molar-refractivity contribution in [3.05, 3.63) is 53.8 Å². The molecule has 0 saturated heterocycles. The summed E-state index contributed by atoms with van der Waals surface area (Å²) in [5.74, 6) is 0.820. The molecule has 1 aliphatic heterocycles. The third kappa shape index (κ3) is 5.32. The predicted octanol–water partition coefficient (Wildman–Crippen LogP) is 2.93. The maximum atomic E-state index is 13.0. The summed E-state index contributed by atoms with van der Waals surface area (Å²) in [4.78, 5) is 14.2. The third-order valence-electron chi connectivity index (χ3n) is 4.19. The number of anilines is 1. The number of nitrogens with one attached hydrogen (secondary N) is 2. The minimum Gasteiger partial charge on any atom is -0.486 e. The molecule has 2 N–H and O–H groups in total. The lowest BCUT2D eigenvalue weighted by atomic mass is 10.2. The average molecular weight is 403 g/mol. The Balaban J connectivity index is 1.52. The van der Waals surface area contributed by atoms with Crippen molar-refractivity contribution in [2.45, 2.75) is 13.5 Å². The van der Waals surface area contributed by atoms with Crippen molar-refractivity contribution >= 4 is 28.9 Å². The van der Waals surface area contributed by atoms with Crippen LogP contribution < -0.4 is 20.1 Å². The Bertz CT molecular complexity index is 845. The monoisotopic (exact) mass is 403 g/mol. The predicted molar refractivity (Wildman–Crippen MR) is 109 cm³/mol. The van der Waals surface area contributed by atoms with Crippen molar-refractivity contribution in [3.8, 4) is 11.5 Å². The summed E-state index contributed by atoms with van der Waals surface area (Å²) in [5.41, 5.74) is 1.54. The number of thiocarbonyl (C=S) groups is 1. The van der Waals surface area contributed by atoms with Crippen molar-refractivity contribution in [3.63, 3.8) is 0 Å². The number of carbonyl (C=O) groups excluding carboxylic acids is 1. The summed E-state index contributed by atoms with van der Waals surface area (Å²) in [6.07, 6.45) is 0. The molecule has 6 nitrogen and oxygen atoms in total. The van der Waals surface area contributed by atoms with Crippen LogP contribution in [0.1, 0.15) is 12.5 Å². The summed E-state index contributed by atoms with van der Waals surface area (Å²) in [6, 6.07) is 11.5. The smallest absolute Gasteiger partial charge is 0.243 e. The summed E-state index contributed by atoms with van der Waals surface area (Å²) in [7, 11) is 0. The second-order valence-electron chi connectivity index (χ2n) is 6.21. The highest BCUT2D eigenvalue weighted by Crippen LogP contribution is 2.32. The van der Waals surface area contributed by atoms with Crippen LogP contribution in [0.3, 0.4) is 0 Å². The first-order chi connectivity index (χ1) is 13.5. The third-order valence-corrected chi connectivity index (χ3v) is 4.59. The van der Waals surface area contributed by atoms with Gasteiger partial charge >= 0.3 is 0 Å². The first-order valence-corrected chi connectivity index (χ1v) is 9.42. The number of rotatable bonds is 6. The maximum Gasteiger partial charge on any atom is 0.243 e. The fraction of sp³-hybridized carbons (Fsp3) is 0.300. The van der Waals surface area contributed by atoms with Crippen molar-refractivity contribution < 1.29 is 18.7 Å². The maximum absolute atomic E-state index is 13.0. The van der Waals surface area contributed by atoms with Gasteiger partial charge in [-0.2, -0.15) is 0 Å². The van der Waals surface area contributed by atoms with Gasteiger partial charge in [0.25, 0.3) is 0 Å². The number of amides is 1. The summed E-state index contributed by atoms with van der Waals surface area (Å²) < 4.78 is 24.0. The Morgan fingerprint density at radius 1 is 1.14 bits per heavy atom. The van der Waals surface area contributed by atoms with Gasteiger partial charge in [-0.1, -0.05) is 12.1 Å². The number of nitrogens with zero attached hydrogens (tertiary/aromatic N) is 1. The zero-order valence-electron chi connectivity index (χ0n) is 15.5. The van der Waals surface area contributed by atoms with Gasteiger partial charge in [0.15, 0.2) is 16.6 Å². The highest BCUT2D eigenvalue weighted by atomic mass is 32.1. The molecule has 28 heavy (non-hydrogen) atoms. The minimum absolute atomic E-state index is 0.111. The van der Waals surface area contributed by atoms with E-state index in [0.717, 1.165) is 5.56 Å². The van der Waals surface area contributed by atoms with Crippen LogP contribution in [0.5, 0.6) is 11.5 Å². The van der Waals surface area contributed by atoms with E-state index in [1.54, 1.807) is 35.2 Å². The molecular weight excluding hydrogens is 381 g/mol. The molecule has 0 saturated carbocycles. The molecular formula is C20H22FN3O3S. The van der Waals surface area contributed by atoms with E-state index in [2.05, 4.69) is 10.6 Å². The molecule has 3 rings (SSSR count). The Kier molecular flexibility index (Phi) is 6.65. The highest BCUT2D eigenvalue weighted by molar-refractivity contribution is 7.80. The Hall–Kier alpha value is -2.87. The van der Waals surface area contributed by atoms with Crippen LogP contribution in [0.4, 0.5) is 10.1 Å². The quantitative estimate of drug-likeness (QED) is 0.724. The average Bonchev–Trinajstić information content (AvgIpc) is 2.71. The van der Waals surface area contributed by atoms with Gasteiger partial charge in [-0.05, 0) is 49.0 Å². The lowest BCUT2D eigenvalue weighted by Crippen LogP contribution is -2.43. The SMILES string of the molecule is CCN(CC(=O)Nc1ccc2c(c1)OCCO2)C(=S)NCc1ccc(F)cc1. The van der Waals surface area contributed by atoms with Crippen molar-refractivity contribution in [2.75, 3.05) is 31.6 Å². The second kappa shape index (κ2) is 9.36. The zero-order chi connectivity index (χ0) is 19.9. The van der Waals surface area contributed by atoms with Crippen molar-refractivity contribution in [1.29, 1.82) is 0 Å². The largest absolute Gasteiger partial charge is 0.486 e. The van der Waals surface area contributed by atoms with Gasteiger partial charge in [-0.15, -0.1) is 0 Å². The fourth-order valence-electron chi connectivity index (χ4n) is 2.71. The van der Waals surface area contributed by atoms with E-state index in [9.17, 15) is 9.18 Å². The minimum atomic E-state index is -0.280. The van der Waals surface area contributed by atoms with E-state index >= 15 is 0 Å². The first kappa shape index (κ1) is 19.9. The second-order valence-corrected chi connectivity index (χ2v) is 6.59. The molecule has 1 aliphatic rings. The van der Waals surface area contributed by atoms with Crippen molar-refractivity contribution in [1.82, 2.24) is 10.2 Å². The Morgan fingerprint density at radius 2 is 1.86 bits per heavy atom. The molecule has 0 bridgehead atoms.